The molecule has 0 saturated heterocycles. The topological polar surface area (TPSA) is 93.8 Å². The zero-order chi connectivity index (χ0) is 19.7. The molecule has 1 atom stereocenters. The first-order valence-corrected chi connectivity index (χ1v) is 8.70. The molecule has 0 amide bonds. The number of carbonyl (C=O) groups excluding carboxylic acids is 1. The molecule has 0 radical (unpaired) electrons. The van der Waals surface area contributed by atoms with Gasteiger partial charge in [0.05, 0.1) is 24.6 Å². The van der Waals surface area contributed by atoms with Crippen molar-refractivity contribution < 1.29 is 14.6 Å². The molecule has 0 bridgehead atoms. The van der Waals surface area contributed by atoms with Gasteiger partial charge in [0.25, 0.3) is 5.56 Å². The van der Waals surface area contributed by atoms with Crippen molar-refractivity contribution in [2.24, 2.45) is 0 Å². The Bertz CT molecular complexity index is 1250. The number of methoxy groups -OCH3 is 1. The normalized spacial score (nSPS) is 12.2. The summed E-state index contributed by atoms with van der Waals surface area (Å²) in [6.07, 6.45) is 3.16. The summed E-state index contributed by atoms with van der Waals surface area (Å²) >= 11 is 0. The minimum absolute atomic E-state index is 0.0531. The van der Waals surface area contributed by atoms with Crippen molar-refractivity contribution in [2.75, 3.05) is 7.11 Å². The monoisotopic (exact) mass is 375 g/mol. The van der Waals surface area contributed by atoms with E-state index in [9.17, 15) is 14.7 Å². The van der Waals surface area contributed by atoms with Gasteiger partial charge in [0.1, 0.15) is 5.65 Å². The molecule has 3 heterocycles. The van der Waals surface area contributed by atoms with E-state index in [1.54, 1.807) is 36.7 Å². The van der Waals surface area contributed by atoms with Crippen molar-refractivity contribution in [3.05, 3.63) is 82.4 Å². The highest BCUT2D eigenvalue weighted by molar-refractivity contribution is 5.80. The van der Waals surface area contributed by atoms with Crippen LogP contribution in [0.4, 0.5) is 0 Å². The van der Waals surface area contributed by atoms with Crippen LogP contribution in [-0.2, 0) is 9.53 Å². The van der Waals surface area contributed by atoms with Crippen LogP contribution in [0.1, 0.15) is 23.5 Å². The molecular weight excluding hydrogens is 358 g/mol. The Kier molecular flexibility index (Phi) is 4.49. The number of aromatic hydroxyl groups is 1. The van der Waals surface area contributed by atoms with Crippen LogP contribution in [0.3, 0.4) is 0 Å². The fraction of sp³-hybridized carbons (Fsp3) is 0.143. The second-order valence-corrected chi connectivity index (χ2v) is 6.37. The van der Waals surface area contributed by atoms with Crippen LogP contribution in [0, 0.1) is 0 Å². The van der Waals surface area contributed by atoms with E-state index >= 15 is 0 Å². The average molecular weight is 375 g/mol. The number of hydrogen-bond acceptors (Lipinski definition) is 6. The van der Waals surface area contributed by atoms with Crippen molar-refractivity contribution in [1.29, 1.82) is 0 Å². The first kappa shape index (κ1) is 17.7. The average Bonchev–Trinajstić information content (AvgIpc) is 2.72. The van der Waals surface area contributed by atoms with Crippen molar-refractivity contribution in [1.82, 2.24) is 14.4 Å². The maximum absolute atomic E-state index is 13.1. The van der Waals surface area contributed by atoms with Crippen LogP contribution in [0.15, 0.2) is 65.7 Å². The summed E-state index contributed by atoms with van der Waals surface area (Å²) in [6, 6.07) is 14.2. The van der Waals surface area contributed by atoms with Gasteiger partial charge < -0.3 is 9.84 Å². The van der Waals surface area contributed by atoms with Crippen LogP contribution in [-0.4, -0.2) is 32.6 Å². The lowest BCUT2D eigenvalue weighted by molar-refractivity contribution is -0.140. The third-order valence-corrected chi connectivity index (χ3v) is 4.73. The van der Waals surface area contributed by atoms with Crippen LogP contribution in [0.5, 0.6) is 5.88 Å². The summed E-state index contributed by atoms with van der Waals surface area (Å²) in [6.45, 7) is 0. The zero-order valence-electron chi connectivity index (χ0n) is 15.1. The number of hydrogen-bond donors (Lipinski definition) is 1. The Balaban J connectivity index is 1.95. The van der Waals surface area contributed by atoms with Gasteiger partial charge in [-0.1, -0.05) is 18.2 Å². The van der Waals surface area contributed by atoms with E-state index in [-0.39, 0.29) is 12.0 Å². The van der Waals surface area contributed by atoms with Gasteiger partial charge in [-0.25, -0.2) is 0 Å². The van der Waals surface area contributed by atoms with Crippen LogP contribution in [0.2, 0.25) is 0 Å². The standard InChI is InChI=1S/C21H17N3O4/c1-28-18(25)12-15(13-7-8-16-14(11-13)5-4-9-22-16)19-20(26)23-17-6-2-3-10-24(17)21(19)27/h2-11,15,26H,12H2,1H3/t15-/m1/s1. The Morgan fingerprint density at radius 2 is 2.07 bits per heavy atom. The van der Waals surface area contributed by atoms with Crippen molar-refractivity contribution >= 4 is 22.5 Å². The van der Waals surface area contributed by atoms with E-state index in [0.29, 0.717) is 11.2 Å². The lowest BCUT2D eigenvalue weighted by Gasteiger charge is -2.18. The van der Waals surface area contributed by atoms with Crippen molar-refractivity contribution in [2.45, 2.75) is 12.3 Å². The Morgan fingerprint density at radius 1 is 1.21 bits per heavy atom. The molecule has 4 aromatic rings. The van der Waals surface area contributed by atoms with Crippen LogP contribution < -0.4 is 5.56 Å². The van der Waals surface area contributed by atoms with Crippen LogP contribution >= 0.6 is 0 Å². The molecule has 0 spiro atoms. The highest BCUT2D eigenvalue weighted by Crippen LogP contribution is 2.32. The van der Waals surface area contributed by atoms with Gasteiger partial charge in [-0.3, -0.25) is 19.0 Å². The Morgan fingerprint density at radius 3 is 2.89 bits per heavy atom. The summed E-state index contributed by atoms with van der Waals surface area (Å²) in [4.78, 5) is 33.6. The van der Waals surface area contributed by atoms with E-state index in [1.807, 2.05) is 24.3 Å². The fourth-order valence-corrected chi connectivity index (χ4v) is 3.34. The number of rotatable bonds is 4. The minimum atomic E-state index is -0.714. The number of aromatic nitrogens is 3. The molecule has 7 nitrogen and oxygen atoms in total. The van der Waals surface area contributed by atoms with Crippen LogP contribution in [0.25, 0.3) is 16.6 Å². The Labute approximate surface area is 159 Å². The maximum Gasteiger partial charge on any atom is 0.306 e. The number of nitrogens with zero attached hydrogens (tertiary/aromatic N) is 3. The molecule has 0 fully saturated rings. The number of ether oxygens (including phenoxy) is 1. The summed E-state index contributed by atoms with van der Waals surface area (Å²) in [7, 11) is 1.29. The second-order valence-electron chi connectivity index (χ2n) is 6.37. The molecule has 3 aromatic heterocycles. The number of esters is 1. The largest absolute Gasteiger partial charge is 0.493 e. The van der Waals surface area contributed by atoms with E-state index in [4.69, 9.17) is 4.74 Å². The predicted molar refractivity (Wildman–Crippen MR) is 103 cm³/mol. The fourth-order valence-electron chi connectivity index (χ4n) is 3.34. The van der Waals surface area contributed by atoms with Gasteiger partial charge in [-0.05, 0) is 35.9 Å². The first-order valence-electron chi connectivity index (χ1n) is 8.70. The molecule has 7 heteroatoms. The molecule has 0 aliphatic heterocycles. The van der Waals surface area contributed by atoms with Gasteiger partial charge in [-0.2, -0.15) is 4.98 Å². The molecule has 0 unspecified atom stereocenters. The Hall–Kier alpha value is -3.74. The third-order valence-electron chi connectivity index (χ3n) is 4.73. The lowest BCUT2D eigenvalue weighted by atomic mass is 9.88. The molecule has 1 aromatic carbocycles. The van der Waals surface area contributed by atoms with E-state index < -0.39 is 23.3 Å². The molecule has 0 aliphatic carbocycles. The van der Waals surface area contributed by atoms with Gasteiger partial charge in [0.2, 0.25) is 5.88 Å². The lowest BCUT2D eigenvalue weighted by Crippen LogP contribution is -2.24. The minimum Gasteiger partial charge on any atom is -0.493 e. The number of pyridine rings is 2. The van der Waals surface area contributed by atoms with Gasteiger partial charge in [0, 0.05) is 23.7 Å². The summed E-state index contributed by atoms with van der Waals surface area (Å²) < 4.78 is 6.17. The van der Waals surface area contributed by atoms with Gasteiger partial charge in [-0.15, -0.1) is 0 Å². The smallest absolute Gasteiger partial charge is 0.306 e. The first-order chi connectivity index (χ1) is 13.6. The summed E-state index contributed by atoms with van der Waals surface area (Å²) in [5.41, 5.74) is 1.44. The van der Waals surface area contributed by atoms with E-state index in [0.717, 1.165) is 10.9 Å². The molecule has 0 saturated carbocycles. The molecule has 0 aliphatic rings. The zero-order valence-corrected chi connectivity index (χ0v) is 15.1. The number of carbonyl (C=O) groups is 1. The SMILES string of the molecule is COC(=O)C[C@H](c1ccc2ncccc2c1)c1c(O)nc2ccccn2c1=O. The van der Waals surface area contributed by atoms with E-state index in [1.165, 1.54) is 11.5 Å². The second kappa shape index (κ2) is 7.11. The number of benzene rings is 1. The predicted octanol–water partition coefficient (Wildman–Crippen LogP) is 2.64. The maximum atomic E-state index is 13.1. The summed E-state index contributed by atoms with van der Waals surface area (Å²) in [5, 5.41) is 11.4. The molecule has 4 rings (SSSR count). The highest BCUT2D eigenvalue weighted by Gasteiger charge is 2.27. The number of fused-ring (bicyclic) bond motifs is 2. The quantitative estimate of drug-likeness (QED) is 0.551. The molecule has 28 heavy (non-hydrogen) atoms. The van der Waals surface area contributed by atoms with Crippen molar-refractivity contribution in [3.63, 3.8) is 0 Å². The van der Waals surface area contributed by atoms with Crippen molar-refractivity contribution in [3.8, 4) is 5.88 Å². The van der Waals surface area contributed by atoms with Gasteiger partial charge >= 0.3 is 5.97 Å². The molecule has 1 N–H and O–H groups in total. The third kappa shape index (κ3) is 3.07. The van der Waals surface area contributed by atoms with Gasteiger partial charge in [0.15, 0.2) is 0 Å². The summed E-state index contributed by atoms with van der Waals surface area (Å²) in [5.74, 6) is -1.60. The highest BCUT2D eigenvalue weighted by atomic mass is 16.5. The molecular formula is C21H17N3O4. The molecule has 140 valence electrons. The van der Waals surface area contributed by atoms with E-state index in [2.05, 4.69) is 9.97 Å².